The van der Waals surface area contributed by atoms with E-state index in [0.29, 0.717) is 25.1 Å². The van der Waals surface area contributed by atoms with Gasteiger partial charge in [0.2, 0.25) is 27.7 Å². The Bertz CT molecular complexity index is 1850. The number of ether oxygens (including phenoxy) is 3. The first-order valence-corrected chi connectivity index (χ1v) is 20.4. The average molecular weight is 736 g/mol. The predicted molar refractivity (Wildman–Crippen MR) is 192 cm³/mol. The number of cyclic esters (lactones) is 1. The van der Waals surface area contributed by atoms with E-state index in [9.17, 15) is 27.6 Å². The number of sulfonamides is 1. The Balaban J connectivity index is 1.21. The van der Waals surface area contributed by atoms with Gasteiger partial charge in [0.1, 0.15) is 11.9 Å². The van der Waals surface area contributed by atoms with Crippen LogP contribution in [0.2, 0.25) is 0 Å². The van der Waals surface area contributed by atoms with Gasteiger partial charge in [-0.1, -0.05) is 18.9 Å². The molecule has 1 aromatic heterocycles. The maximum absolute atomic E-state index is 14.7. The van der Waals surface area contributed by atoms with E-state index in [1.807, 2.05) is 18.2 Å². The highest BCUT2D eigenvalue weighted by atomic mass is 32.2. The van der Waals surface area contributed by atoms with Gasteiger partial charge in [0, 0.05) is 24.4 Å². The van der Waals surface area contributed by atoms with Crippen molar-refractivity contribution in [3.63, 3.8) is 0 Å². The van der Waals surface area contributed by atoms with E-state index in [0.717, 1.165) is 67.0 Å². The third-order valence-corrected chi connectivity index (χ3v) is 13.7. The van der Waals surface area contributed by atoms with E-state index in [1.54, 1.807) is 24.3 Å². The van der Waals surface area contributed by atoms with Crippen LogP contribution in [0.1, 0.15) is 89.0 Å². The number of hydrogen-bond acceptors (Lipinski definition) is 10. The summed E-state index contributed by atoms with van der Waals surface area (Å²) in [7, 11) is -2.20. The Kier molecular flexibility index (Phi) is 10.3. The minimum absolute atomic E-state index is 0.0205. The topological polar surface area (TPSA) is 158 Å². The second kappa shape index (κ2) is 14.8. The number of aryl methyl sites for hydroxylation is 1. The van der Waals surface area contributed by atoms with E-state index in [-0.39, 0.29) is 62.4 Å². The Labute approximate surface area is 305 Å². The van der Waals surface area contributed by atoms with Crippen molar-refractivity contribution in [2.45, 2.75) is 107 Å². The van der Waals surface area contributed by atoms with Crippen LogP contribution in [0, 0.1) is 23.2 Å². The number of nitrogens with one attached hydrogen (secondary N) is 1. The molecule has 52 heavy (non-hydrogen) atoms. The summed E-state index contributed by atoms with van der Waals surface area (Å²) >= 11 is 0. The number of Topliss-reactive ketones (excluding diaryl/α,β-unsaturated/α-hetero) is 1. The van der Waals surface area contributed by atoms with Crippen molar-refractivity contribution in [3.05, 3.63) is 42.6 Å². The molecule has 1 N–H and O–H groups in total. The minimum Gasteiger partial charge on any atom is -0.496 e. The van der Waals surface area contributed by atoms with Crippen molar-refractivity contribution in [2.24, 2.45) is 23.2 Å². The summed E-state index contributed by atoms with van der Waals surface area (Å²) in [6.07, 6.45) is 10.4. The number of methoxy groups -OCH3 is 1. The van der Waals surface area contributed by atoms with Gasteiger partial charge < -0.3 is 19.1 Å². The van der Waals surface area contributed by atoms with Gasteiger partial charge in [-0.15, -0.1) is 6.58 Å². The zero-order chi connectivity index (χ0) is 36.6. The smallest absolute Gasteiger partial charge is 0.306 e. The monoisotopic (exact) mass is 735 g/mol. The number of allylic oxidation sites excluding steroid dienone is 1. The number of hydrogen-bond donors (Lipinski definition) is 1. The first-order valence-electron chi connectivity index (χ1n) is 18.8. The number of aromatic nitrogens is 1. The molecule has 3 saturated carbocycles. The van der Waals surface area contributed by atoms with Crippen molar-refractivity contribution in [1.29, 1.82) is 0 Å². The molecular formula is C39H49N3O9S. The fraction of sp³-hybridized carbons (Fsp3) is 0.615. The number of carbonyl (C=O) groups excluding carboxylic acids is 4. The van der Waals surface area contributed by atoms with Crippen LogP contribution in [-0.4, -0.2) is 79.5 Å². The normalized spacial score (nSPS) is 28.8. The van der Waals surface area contributed by atoms with Crippen LogP contribution in [0.25, 0.3) is 10.8 Å². The molecule has 1 saturated heterocycles. The Morgan fingerprint density at radius 1 is 1.12 bits per heavy atom. The van der Waals surface area contributed by atoms with Gasteiger partial charge in [0.15, 0.2) is 5.78 Å². The number of ketones is 1. The number of esters is 1. The second-order valence-corrected chi connectivity index (χ2v) is 17.4. The Morgan fingerprint density at radius 2 is 1.90 bits per heavy atom. The van der Waals surface area contributed by atoms with Gasteiger partial charge in [-0.25, -0.2) is 13.4 Å². The molecule has 2 aliphatic heterocycles. The van der Waals surface area contributed by atoms with Crippen molar-refractivity contribution < 1.29 is 41.8 Å². The molecule has 0 unspecified atom stereocenters. The number of fused-ring (bicyclic) bond motifs is 3. The number of benzene rings is 1. The van der Waals surface area contributed by atoms with E-state index in [2.05, 4.69) is 16.3 Å². The summed E-state index contributed by atoms with van der Waals surface area (Å²) in [6, 6.07) is 4.93. The molecule has 5 atom stereocenters. The summed E-state index contributed by atoms with van der Waals surface area (Å²) < 4.78 is 45.7. The fourth-order valence-electron chi connectivity index (χ4n) is 8.64. The standard InChI is InChI=1S/C39H49N3O9S/c1-3-27-21-39(27,38(46)41-52(47,48)29-12-13-29)22-33(43)32-19-28-23-42(32)37(45)31(24-9-6-7-10-24)20-35(44)50-16-8-4-5-11-26-17-30-25(18-34(26)49-2)14-15-40-36(30)51-28/h3,14-15,17-18,24,27-29,31-32H,1,4-13,16,19-23H2,2H3,(H,41,46)/t27-,28+,31-,32-,39+/m0/s1. The third kappa shape index (κ3) is 7.43. The summed E-state index contributed by atoms with van der Waals surface area (Å²) in [5.41, 5.74) is -0.266. The molecule has 1 aromatic carbocycles. The fourth-order valence-corrected chi connectivity index (χ4v) is 10.0. The summed E-state index contributed by atoms with van der Waals surface area (Å²) in [5.74, 6) is -1.67. The molecule has 3 heterocycles. The SMILES string of the molecule is C=C[C@H]1C[C@]1(CC(=O)[C@@H]1C[C@@H]2CN1C(=O)[C@H](C1CCCC1)CC(=O)OCCCCCc1cc3c(nccc3cc1OC)O2)C(=O)NS(=O)(=O)C1CC1. The largest absolute Gasteiger partial charge is 0.496 e. The van der Waals surface area contributed by atoms with Crippen LogP contribution in [0.4, 0.5) is 0 Å². The van der Waals surface area contributed by atoms with Crippen molar-refractivity contribution in [1.82, 2.24) is 14.6 Å². The van der Waals surface area contributed by atoms with E-state index < -0.39 is 50.6 Å². The second-order valence-electron chi connectivity index (χ2n) is 15.4. The van der Waals surface area contributed by atoms with Gasteiger partial charge in [0.05, 0.1) is 49.3 Å². The highest BCUT2D eigenvalue weighted by molar-refractivity contribution is 7.90. The predicted octanol–water partition coefficient (Wildman–Crippen LogP) is 4.82. The van der Waals surface area contributed by atoms with Crippen molar-refractivity contribution in [3.8, 4) is 11.6 Å². The highest BCUT2D eigenvalue weighted by Crippen LogP contribution is 2.57. The Hall–Kier alpha value is -4.00. The molecule has 4 bridgehead atoms. The number of pyridine rings is 1. The average Bonchev–Trinajstić information content (AvgIpc) is 4.00. The van der Waals surface area contributed by atoms with Crippen LogP contribution in [0.5, 0.6) is 11.6 Å². The molecule has 12 nitrogen and oxygen atoms in total. The van der Waals surface area contributed by atoms with Crippen LogP contribution in [0.3, 0.4) is 0 Å². The highest BCUT2D eigenvalue weighted by Gasteiger charge is 2.61. The first-order chi connectivity index (χ1) is 25.0. The Morgan fingerprint density at radius 3 is 2.62 bits per heavy atom. The molecule has 0 radical (unpaired) electrons. The zero-order valence-corrected chi connectivity index (χ0v) is 30.7. The molecule has 280 valence electrons. The zero-order valence-electron chi connectivity index (χ0n) is 29.8. The lowest BCUT2D eigenvalue weighted by Gasteiger charge is -2.31. The van der Waals surface area contributed by atoms with Crippen molar-refractivity contribution >= 4 is 44.4 Å². The summed E-state index contributed by atoms with van der Waals surface area (Å²) in [5, 5.41) is 1.08. The molecule has 5 aliphatic rings. The number of rotatable bonds is 9. The van der Waals surface area contributed by atoms with Crippen LogP contribution in [-0.2, 0) is 40.4 Å². The molecule has 4 fully saturated rings. The molecule has 2 aromatic rings. The van der Waals surface area contributed by atoms with Crippen molar-refractivity contribution in [2.75, 3.05) is 20.3 Å². The van der Waals surface area contributed by atoms with Gasteiger partial charge in [-0.05, 0) is 98.8 Å². The first kappa shape index (κ1) is 36.4. The van der Waals surface area contributed by atoms with Crippen LogP contribution in [0.15, 0.2) is 37.1 Å². The molecule has 2 amide bonds. The summed E-state index contributed by atoms with van der Waals surface area (Å²) in [6.45, 7) is 4.19. The number of amides is 2. The molecule has 0 spiro atoms. The lowest BCUT2D eigenvalue weighted by Crippen LogP contribution is -2.47. The molecule has 7 rings (SSSR count). The molecular weight excluding hydrogens is 687 g/mol. The quantitative estimate of drug-likeness (QED) is 0.280. The number of nitrogens with zero attached hydrogens (tertiary/aromatic N) is 2. The summed E-state index contributed by atoms with van der Waals surface area (Å²) in [4.78, 5) is 62.0. The van der Waals surface area contributed by atoms with Gasteiger partial charge in [0.25, 0.3) is 0 Å². The third-order valence-electron chi connectivity index (χ3n) is 11.9. The van der Waals surface area contributed by atoms with Crippen LogP contribution < -0.4 is 14.2 Å². The maximum atomic E-state index is 14.7. The lowest BCUT2D eigenvalue weighted by molar-refractivity contribution is -0.151. The number of carbonyl (C=O) groups is 4. The van der Waals surface area contributed by atoms with Gasteiger partial charge in [-0.2, -0.15) is 0 Å². The van der Waals surface area contributed by atoms with E-state index >= 15 is 0 Å². The van der Waals surface area contributed by atoms with Gasteiger partial charge in [-0.3, -0.25) is 23.9 Å². The molecule has 13 heteroatoms. The van der Waals surface area contributed by atoms with E-state index in [1.165, 1.54) is 0 Å². The van der Waals surface area contributed by atoms with E-state index in [4.69, 9.17) is 14.2 Å². The maximum Gasteiger partial charge on any atom is 0.306 e. The van der Waals surface area contributed by atoms with Gasteiger partial charge >= 0.3 is 5.97 Å². The lowest BCUT2D eigenvalue weighted by atomic mass is 9.86. The molecule has 3 aliphatic carbocycles. The minimum atomic E-state index is -3.83. The van der Waals surface area contributed by atoms with Crippen LogP contribution >= 0.6 is 0 Å².